The Bertz CT molecular complexity index is 712. The molecule has 0 aliphatic heterocycles. The van der Waals surface area contributed by atoms with Crippen molar-refractivity contribution in [3.63, 3.8) is 0 Å². The van der Waals surface area contributed by atoms with Crippen molar-refractivity contribution < 1.29 is 17.7 Å². The fraction of sp³-hybridized carbons (Fsp3) is 0.308. The average Bonchev–Trinajstić information content (AvgIpc) is 2.36. The molecule has 0 fully saturated rings. The second-order valence-corrected chi connectivity index (χ2v) is 6.22. The van der Waals surface area contributed by atoms with E-state index in [1.54, 1.807) is 18.6 Å². The van der Waals surface area contributed by atoms with E-state index in [4.69, 9.17) is 4.55 Å². The van der Waals surface area contributed by atoms with Crippen LogP contribution in [0.25, 0.3) is 11.3 Å². The smallest absolute Gasteiger partial charge is 0.271 e. The van der Waals surface area contributed by atoms with Gasteiger partial charge in [0.1, 0.15) is 11.9 Å². The molecular formula is C13H16N3O3S+. The molecule has 2 aromatic heterocycles. The molecule has 0 aromatic carbocycles. The molecule has 0 radical (unpaired) electrons. The van der Waals surface area contributed by atoms with Gasteiger partial charge in [-0.2, -0.15) is 8.42 Å². The van der Waals surface area contributed by atoms with Crippen molar-refractivity contribution in [1.82, 2.24) is 10.1 Å². The van der Waals surface area contributed by atoms with Crippen LogP contribution in [-0.2, 0) is 16.7 Å². The first-order valence-electron chi connectivity index (χ1n) is 6.10. The van der Waals surface area contributed by atoms with Gasteiger partial charge in [0.2, 0.25) is 0 Å². The van der Waals surface area contributed by atoms with Crippen LogP contribution in [0.3, 0.4) is 0 Å². The molecule has 0 saturated heterocycles. The van der Waals surface area contributed by atoms with E-state index in [0.29, 0.717) is 0 Å². The first kappa shape index (κ1) is 14.5. The van der Waals surface area contributed by atoms with Gasteiger partial charge in [0.15, 0.2) is 12.7 Å². The SMILES string of the molecule is Cc1cnc(-c2cc[n+](CCS(=O)(=O)O)nc2)c(C)c1. The maximum absolute atomic E-state index is 10.7. The summed E-state index contributed by atoms with van der Waals surface area (Å²) in [6.45, 7) is 4.07. The first-order chi connectivity index (χ1) is 9.35. The molecule has 2 heterocycles. The van der Waals surface area contributed by atoms with E-state index >= 15 is 0 Å². The summed E-state index contributed by atoms with van der Waals surface area (Å²) in [5.41, 5.74) is 3.87. The zero-order valence-electron chi connectivity index (χ0n) is 11.3. The monoisotopic (exact) mass is 294 g/mol. The zero-order valence-corrected chi connectivity index (χ0v) is 12.1. The number of aryl methyl sites for hydroxylation is 3. The Hall–Kier alpha value is -1.86. The Kier molecular flexibility index (Phi) is 4.10. The third-order valence-corrected chi connectivity index (χ3v) is 3.54. The molecule has 0 atom stereocenters. The van der Waals surface area contributed by atoms with Gasteiger partial charge in [0.25, 0.3) is 10.1 Å². The van der Waals surface area contributed by atoms with Crippen molar-refractivity contribution in [2.45, 2.75) is 20.4 Å². The summed E-state index contributed by atoms with van der Waals surface area (Å²) in [5, 5.41) is 4.12. The lowest BCUT2D eigenvalue weighted by atomic mass is 10.1. The van der Waals surface area contributed by atoms with Gasteiger partial charge in [0, 0.05) is 17.8 Å². The highest BCUT2D eigenvalue weighted by atomic mass is 32.2. The number of hydrogen-bond acceptors (Lipinski definition) is 4. The fourth-order valence-corrected chi connectivity index (χ4v) is 2.30. The van der Waals surface area contributed by atoms with Gasteiger partial charge < -0.3 is 0 Å². The summed E-state index contributed by atoms with van der Waals surface area (Å²) >= 11 is 0. The van der Waals surface area contributed by atoms with Crippen molar-refractivity contribution in [2.24, 2.45) is 0 Å². The summed E-state index contributed by atoms with van der Waals surface area (Å²) in [4.78, 5) is 4.38. The van der Waals surface area contributed by atoms with Crippen LogP contribution in [0.4, 0.5) is 0 Å². The van der Waals surface area contributed by atoms with Gasteiger partial charge in [-0.15, -0.1) is 0 Å². The highest BCUT2D eigenvalue weighted by Gasteiger charge is 2.12. The van der Waals surface area contributed by atoms with Crippen LogP contribution in [0.1, 0.15) is 11.1 Å². The molecule has 0 bridgehead atoms. The Labute approximate surface area is 117 Å². The van der Waals surface area contributed by atoms with Gasteiger partial charge in [-0.25, -0.2) is 0 Å². The molecule has 2 rings (SSSR count). The Morgan fingerprint density at radius 3 is 2.60 bits per heavy atom. The molecule has 6 nitrogen and oxygen atoms in total. The largest absolute Gasteiger partial charge is 0.285 e. The van der Waals surface area contributed by atoms with Crippen LogP contribution in [-0.4, -0.2) is 28.8 Å². The van der Waals surface area contributed by atoms with E-state index in [1.807, 2.05) is 26.0 Å². The Morgan fingerprint density at radius 1 is 1.30 bits per heavy atom. The van der Waals surface area contributed by atoms with Crippen LogP contribution in [0, 0.1) is 13.8 Å². The van der Waals surface area contributed by atoms with Crippen molar-refractivity contribution in [1.29, 1.82) is 0 Å². The molecular weight excluding hydrogens is 278 g/mol. The van der Waals surface area contributed by atoms with Gasteiger partial charge in [0.05, 0.1) is 5.69 Å². The minimum absolute atomic E-state index is 0.111. The first-order valence-corrected chi connectivity index (χ1v) is 7.70. The normalized spacial score (nSPS) is 11.6. The molecule has 2 aromatic rings. The second-order valence-electron chi connectivity index (χ2n) is 4.64. The van der Waals surface area contributed by atoms with E-state index in [0.717, 1.165) is 22.4 Å². The van der Waals surface area contributed by atoms with E-state index in [-0.39, 0.29) is 12.3 Å². The van der Waals surface area contributed by atoms with Crippen LogP contribution in [0.5, 0.6) is 0 Å². The second kappa shape index (κ2) is 5.64. The van der Waals surface area contributed by atoms with Crippen molar-refractivity contribution in [3.8, 4) is 11.3 Å². The standard InChI is InChI=1S/C13H15N3O3S/c1-10-7-11(2)13(14-8-10)12-3-4-16(15-9-12)5-6-20(17,18)19/h3-4,7-9H,5-6H2,1-2H3/p+1. The topological polar surface area (TPSA) is 84.0 Å². The molecule has 0 unspecified atom stereocenters. The maximum Gasteiger partial charge on any atom is 0.271 e. The molecule has 0 aliphatic carbocycles. The quantitative estimate of drug-likeness (QED) is 0.670. The summed E-state index contributed by atoms with van der Waals surface area (Å²) in [5.74, 6) is -0.355. The van der Waals surface area contributed by atoms with Gasteiger partial charge in [-0.3, -0.25) is 9.54 Å². The molecule has 20 heavy (non-hydrogen) atoms. The molecule has 1 N–H and O–H groups in total. The van der Waals surface area contributed by atoms with Gasteiger partial charge >= 0.3 is 0 Å². The minimum Gasteiger partial charge on any atom is -0.285 e. The highest BCUT2D eigenvalue weighted by Crippen LogP contribution is 2.19. The summed E-state index contributed by atoms with van der Waals surface area (Å²) in [6, 6.07) is 3.86. The number of rotatable bonds is 4. The fourth-order valence-electron chi connectivity index (χ4n) is 1.88. The molecule has 7 heteroatoms. The lowest BCUT2D eigenvalue weighted by Crippen LogP contribution is -2.40. The third kappa shape index (κ3) is 3.82. The number of nitrogens with zero attached hydrogens (tertiary/aromatic N) is 3. The molecule has 0 amide bonds. The Balaban J connectivity index is 2.19. The van der Waals surface area contributed by atoms with E-state index in [2.05, 4.69) is 10.1 Å². The number of aromatic nitrogens is 3. The van der Waals surface area contributed by atoms with Crippen molar-refractivity contribution >= 4 is 10.1 Å². The third-order valence-electron chi connectivity index (χ3n) is 2.84. The summed E-state index contributed by atoms with van der Waals surface area (Å²) in [7, 11) is -3.97. The minimum atomic E-state index is -3.97. The van der Waals surface area contributed by atoms with E-state index in [1.165, 1.54) is 4.68 Å². The molecule has 106 valence electrons. The van der Waals surface area contributed by atoms with Crippen LogP contribution >= 0.6 is 0 Å². The van der Waals surface area contributed by atoms with E-state index in [9.17, 15) is 8.42 Å². The predicted molar refractivity (Wildman–Crippen MR) is 73.6 cm³/mol. The molecule has 0 aliphatic rings. The van der Waals surface area contributed by atoms with Crippen LogP contribution in [0.15, 0.2) is 30.7 Å². The van der Waals surface area contributed by atoms with Crippen molar-refractivity contribution in [3.05, 3.63) is 41.9 Å². The molecule has 0 saturated carbocycles. The van der Waals surface area contributed by atoms with E-state index < -0.39 is 10.1 Å². The Morgan fingerprint density at radius 2 is 2.05 bits per heavy atom. The lowest BCUT2D eigenvalue weighted by molar-refractivity contribution is -0.750. The predicted octanol–water partition coefficient (Wildman–Crippen LogP) is 0.936. The van der Waals surface area contributed by atoms with Gasteiger partial charge in [-0.1, -0.05) is 10.7 Å². The average molecular weight is 294 g/mol. The molecule has 0 spiro atoms. The number of pyridine rings is 1. The summed E-state index contributed by atoms with van der Waals surface area (Å²) < 4.78 is 31.5. The van der Waals surface area contributed by atoms with Crippen LogP contribution in [0.2, 0.25) is 0 Å². The van der Waals surface area contributed by atoms with Gasteiger partial charge in [-0.05, 0) is 30.1 Å². The number of hydrogen-bond donors (Lipinski definition) is 1. The lowest BCUT2D eigenvalue weighted by Gasteiger charge is -2.04. The zero-order chi connectivity index (χ0) is 14.8. The highest BCUT2D eigenvalue weighted by molar-refractivity contribution is 7.85. The van der Waals surface area contributed by atoms with Crippen LogP contribution < -0.4 is 4.68 Å². The maximum atomic E-state index is 10.7. The summed E-state index contributed by atoms with van der Waals surface area (Å²) in [6.07, 6.45) is 5.10. The van der Waals surface area contributed by atoms with Crippen molar-refractivity contribution in [2.75, 3.05) is 5.75 Å².